The van der Waals surface area contributed by atoms with Gasteiger partial charge in [-0.25, -0.2) is 13.2 Å². The number of rotatable bonds is 12. The van der Waals surface area contributed by atoms with E-state index in [2.05, 4.69) is 16.0 Å². The van der Waals surface area contributed by atoms with Crippen LogP contribution in [0.5, 0.6) is 17.2 Å². The van der Waals surface area contributed by atoms with E-state index in [1.807, 2.05) is 13.8 Å². The second-order valence-corrected chi connectivity index (χ2v) is 9.34. The molecule has 0 spiro atoms. The molecule has 0 atom stereocenters. The van der Waals surface area contributed by atoms with Crippen molar-refractivity contribution >= 4 is 27.5 Å². The minimum atomic E-state index is -3.56. The van der Waals surface area contributed by atoms with Crippen LogP contribution in [0, 0.1) is 0 Å². The highest BCUT2D eigenvalue weighted by Gasteiger charge is 2.20. The first kappa shape index (κ1) is 27.8. The van der Waals surface area contributed by atoms with E-state index in [0.29, 0.717) is 48.1 Å². The van der Waals surface area contributed by atoms with Gasteiger partial charge in [0.1, 0.15) is 22.1 Å². The van der Waals surface area contributed by atoms with Crippen LogP contribution < -0.4 is 30.2 Å². The Morgan fingerprint density at radius 1 is 0.829 bits per heavy atom. The van der Waals surface area contributed by atoms with Gasteiger partial charge in [-0.3, -0.25) is 4.79 Å². The SMILES string of the molecule is CCNC(=O)c1cc(NC(=O)NCc2cc(OCC)c(S(C)(=O)=O)cc2OCC)ccc1OCC. The minimum Gasteiger partial charge on any atom is -0.493 e. The topological polar surface area (TPSA) is 132 Å². The van der Waals surface area contributed by atoms with E-state index in [1.165, 1.54) is 12.1 Å². The number of sulfone groups is 1. The predicted molar refractivity (Wildman–Crippen MR) is 133 cm³/mol. The summed E-state index contributed by atoms with van der Waals surface area (Å²) in [6.07, 6.45) is 1.10. The van der Waals surface area contributed by atoms with Crippen molar-refractivity contribution in [1.29, 1.82) is 0 Å². The van der Waals surface area contributed by atoms with E-state index in [4.69, 9.17) is 14.2 Å². The Morgan fingerprint density at radius 2 is 1.46 bits per heavy atom. The van der Waals surface area contributed by atoms with Crippen molar-refractivity contribution in [3.63, 3.8) is 0 Å². The van der Waals surface area contributed by atoms with Gasteiger partial charge in [0.25, 0.3) is 5.91 Å². The smallest absolute Gasteiger partial charge is 0.319 e. The first-order valence-electron chi connectivity index (χ1n) is 11.4. The van der Waals surface area contributed by atoms with Crippen molar-refractivity contribution in [2.75, 3.05) is 37.9 Å². The molecule has 0 unspecified atom stereocenters. The van der Waals surface area contributed by atoms with Crippen LogP contribution in [0.1, 0.15) is 43.6 Å². The van der Waals surface area contributed by atoms with Crippen LogP contribution in [0.15, 0.2) is 35.2 Å². The molecule has 35 heavy (non-hydrogen) atoms. The zero-order valence-corrected chi connectivity index (χ0v) is 21.5. The van der Waals surface area contributed by atoms with Crippen LogP contribution in [-0.2, 0) is 16.4 Å². The van der Waals surface area contributed by atoms with Crippen LogP contribution in [0.25, 0.3) is 0 Å². The summed E-state index contributed by atoms with van der Waals surface area (Å²) >= 11 is 0. The number of carbonyl (C=O) groups is 2. The molecule has 0 radical (unpaired) electrons. The summed E-state index contributed by atoms with van der Waals surface area (Å²) in [7, 11) is -3.56. The zero-order valence-electron chi connectivity index (χ0n) is 20.7. The average molecular weight is 508 g/mol. The molecule has 3 amide bonds. The number of anilines is 1. The summed E-state index contributed by atoms with van der Waals surface area (Å²) in [4.78, 5) is 25.0. The molecule has 2 aromatic rings. The van der Waals surface area contributed by atoms with Crippen LogP contribution in [0.2, 0.25) is 0 Å². The fourth-order valence-corrected chi connectivity index (χ4v) is 4.05. The van der Waals surface area contributed by atoms with E-state index in [1.54, 1.807) is 32.0 Å². The summed E-state index contributed by atoms with van der Waals surface area (Å²) in [5, 5.41) is 8.13. The number of hydrogen-bond acceptors (Lipinski definition) is 7. The quantitative estimate of drug-likeness (QED) is 0.401. The molecular weight excluding hydrogens is 474 g/mol. The van der Waals surface area contributed by atoms with Crippen LogP contribution >= 0.6 is 0 Å². The number of urea groups is 1. The summed E-state index contributed by atoms with van der Waals surface area (Å²) < 4.78 is 41.0. The molecule has 0 aliphatic rings. The molecule has 10 nitrogen and oxygen atoms in total. The maximum absolute atomic E-state index is 12.6. The van der Waals surface area contributed by atoms with Gasteiger partial charge in [-0.1, -0.05) is 0 Å². The second kappa shape index (κ2) is 12.8. The molecule has 0 saturated carbocycles. The minimum absolute atomic E-state index is 0.0169. The molecular formula is C24H33N3O7S. The molecule has 0 aliphatic heterocycles. The van der Waals surface area contributed by atoms with Crippen molar-refractivity contribution in [3.8, 4) is 17.2 Å². The number of amides is 3. The molecule has 3 N–H and O–H groups in total. The average Bonchev–Trinajstić information content (AvgIpc) is 2.79. The molecule has 192 valence electrons. The van der Waals surface area contributed by atoms with Gasteiger partial charge in [0.15, 0.2) is 9.84 Å². The molecule has 2 aromatic carbocycles. The fourth-order valence-electron chi connectivity index (χ4n) is 3.24. The lowest BCUT2D eigenvalue weighted by molar-refractivity contribution is 0.0952. The predicted octanol–water partition coefficient (Wildman–Crippen LogP) is 3.36. The molecule has 0 fully saturated rings. The molecule has 0 bridgehead atoms. The monoisotopic (exact) mass is 507 g/mol. The Hall–Kier alpha value is -3.47. The Balaban J connectivity index is 2.23. The lowest BCUT2D eigenvalue weighted by Crippen LogP contribution is -2.29. The fraction of sp³-hybridized carbons (Fsp3) is 0.417. The Morgan fingerprint density at radius 3 is 2.06 bits per heavy atom. The van der Waals surface area contributed by atoms with E-state index in [-0.39, 0.29) is 29.7 Å². The third-order valence-corrected chi connectivity index (χ3v) is 5.80. The highest BCUT2D eigenvalue weighted by Crippen LogP contribution is 2.32. The molecule has 0 heterocycles. The molecule has 0 aliphatic carbocycles. The third-order valence-electron chi connectivity index (χ3n) is 4.68. The first-order chi connectivity index (χ1) is 16.6. The van der Waals surface area contributed by atoms with Crippen LogP contribution in [0.3, 0.4) is 0 Å². The van der Waals surface area contributed by atoms with Crippen molar-refractivity contribution in [2.45, 2.75) is 39.1 Å². The number of carbonyl (C=O) groups excluding carboxylic acids is 2. The van der Waals surface area contributed by atoms with E-state index in [9.17, 15) is 18.0 Å². The van der Waals surface area contributed by atoms with Crippen molar-refractivity contribution in [2.24, 2.45) is 0 Å². The molecule has 0 aromatic heterocycles. The van der Waals surface area contributed by atoms with Crippen molar-refractivity contribution < 1.29 is 32.2 Å². The standard InChI is InChI=1S/C24H33N3O7S/c1-6-25-23(28)18-13-17(10-11-19(18)32-7-2)27-24(29)26-15-16-12-21(34-9-4)22(35(5,30)31)14-20(16)33-8-3/h10-14H,6-9,15H2,1-5H3,(H,25,28)(H2,26,27,29). The molecule has 2 rings (SSSR count). The summed E-state index contributed by atoms with van der Waals surface area (Å²) in [5.74, 6) is 0.626. The Labute approximate surface area is 206 Å². The van der Waals surface area contributed by atoms with Crippen LogP contribution in [-0.4, -0.2) is 53.0 Å². The van der Waals surface area contributed by atoms with Gasteiger partial charge < -0.3 is 30.2 Å². The highest BCUT2D eigenvalue weighted by molar-refractivity contribution is 7.90. The lowest BCUT2D eigenvalue weighted by Gasteiger charge is -2.17. The number of ether oxygens (including phenoxy) is 3. The van der Waals surface area contributed by atoms with Crippen molar-refractivity contribution in [3.05, 3.63) is 41.5 Å². The lowest BCUT2D eigenvalue weighted by atomic mass is 10.1. The second-order valence-electron chi connectivity index (χ2n) is 7.36. The van der Waals surface area contributed by atoms with Gasteiger partial charge in [-0.2, -0.15) is 0 Å². The summed E-state index contributed by atoms with van der Waals surface area (Å²) in [6, 6.07) is 7.22. The van der Waals surface area contributed by atoms with E-state index < -0.39 is 15.9 Å². The van der Waals surface area contributed by atoms with E-state index in [0.717, 1.165) is 6.26 Å². The van der Waals surface area contributed by atoms with Gasteiger partial charge in [0.05, 0.1) is 25.4 Å². The first-order valence-corrected chi connectivity index (χ1v) is 13.3. The Bertz CT molecular complexity index is 1150. The van der Waals surface area contributed by atoms with Crippen LogP contribution in [0.4, 0.5) is 10.5 Å². The van der Waals surface area contributed by atoms with Crippen molar-refractivity contribution in [1.82, 2.24) is 10.6 Å². The summed E-state index contributed by atoms with van der Waals surface area (Å²) in [5.41, 5.74) is 1.26. The van der Waals surface area contributed by atoms with Gasteiger partial charge in [0, 0.05) is 36.7 Å². The number of benzene rings is 2. The van der Waals surface area contributed by atoms with Gasteiger partial charge >= 0.3 is 6.03 Å². The Kier molecular flexibility index (Phi) is 10.2. The van der Waals surface area contributed by atoms with Gasteiger partial charge in [-0.15, -0.1) is 0 Å². The summed E-state index contributed by atoms with van der Waals surface area (Å²) in [6.45, 7) is 8.63. The largest absolute Gasteiger partial charge is 0.493 e. The normalized spacial score (nSPS) is 10.9. The van der Waals surface area contributed by atoms with Gasteiger partial charge in [-0.05, 0) is 52.0 Å². The number of nitrogens with one attached hydrogen (secondary N) is 3. The maximum Gasteiger partial charge on any atom is 0.319 e. The molecule has 0 saturated heterocycles. The maximum atomic E-state index is 12.6. The number of hydrogen-bond donors (Lipinski definition) is 3. The highest BCUT2D eigenvalue weighted by atomic mass is 32.2. The van der Waals surface area contributed by atoms with E-state index >= 15 is 0 Å². The molecule has 11 heteroatoms. The van der Waals surface area contributed by atoms with Gasteiger partial charge in [0.2, 0.25) is 0 Å². The third kappa shape index (κ3) is 7.78. The zero-order chi connectivity index (χ0) is 26.0.